The quantitative estimate of drug-likeness (QED) is 0.400. The second-order valence-corrected chi connectivity index (χ2v) is 10.2. The third kappa shape index (κ3) is 8.03. The van der Waals surface area contributed by atoms with Crippen LogP contribution in [0.2, 0.25) is 0 Å². The maximum absolute atomic E-state index is 14.6. The van der Waals surface area contributed by atoms with Crippen LogP contribution in [-0.2, 0) is 16.4 Å². The number of halogens is 1. The van der Waals surface area contributed by atoms with Crippen molar-refractivity contribution in [1.82, 2.24) is 5.32 Å². The number of primary sulfonamides is 1. The largest absolute Gasteiger partial charge is 0.386 e. The predicted molar refractivity (Wildman–Crippen MR) is 131 cm³/mol. The minimum Gasteiger partial charge on any atom is -0.386 e. The SMILES string of the molecule is Cc1cccc(CC(N=C(N)CNCC2CCCCC2)=Nc2ccc(S(N)(=O)=O)cc2F)c1. The number of nitrogens with zero attached hydrogens (tertiary/aromatic N) is 2. The van der Waals surface area contributed by atoms with E-state index in [0.717, 1.165) is 23.7 Å². The molecule has 1 saturated carbocycles. The van der Waals surface area contributed by atoms with Crippen molar-refractivity contribution >= 4 is 27.4 Å². The van der Waals surface area contributed by atoms with Gasteiger partial charge in [0.25, 0.3) is 0 Å². The summed E-state index contributed by atoms with van der Waals surface area (Å²) in [6, 6.07) is 11.2. The summed E-state index contributed by atoms with van der Waals surface area (Å²) in [5.74, 6) is 0.560. The summed E-state index contributed by atoms with van der Waals surface area (Å²) < 4.78 is 37.5. The van der Waals surface area contributed by atoms with E-state index in [4.69, 9.17) is 10.9 Å². The molecule has 0 aromatic heterocycles. The number of benzene rings is 2. The molecule has 1 aliphatic carbocycles. The molecule has 0 unspecified atom stereocenters. The van der Waals surface area contributed by atoms with Gasteiger partial charge in [-0.3, -0.25) is 0 Å². The molecule has 2 aromatic rings. The first-order valence-electron chi connectivity index (χ1n) is 11.2. The Morgan fingerprint density at radius 2 is 1.91 bits per heavy atom. The van der Waals surface area contributed by atoms with Crippen LogP contribution in [0.25, 0.3) is 0 Å². The lowest BCUT2D eigenvalue weighted by Gasteiger charge is -2.21. The summed E-state index contributed by atoms with van der Waals surface area (Å²) in [7, 11) is -4.01. The van der Waals surface area contributed by atoms with E-state index < -0.39 is 15.8 Å². The monoisotopic (exact) mass is 473 g/mol. The Morgan fingerprint density at radius 1 is 1.15 bits per heavy atom. The second kappa shape index (κ2) is 11.5. The molecule has 0 saturated heterocycles. The molecule has 9 heteroatoms. The molecule has 1 aliphatic rings. The van der Waals surface area contributed by atoms with Crippen molar-refractivity contribution < 1.29 is 12.8 Å². The highest BCUT2D eigenvalue weighted by atomic mass is 32.2. The Hall–Kier alpha value is -2.62. The Bertz CT molecular complexity index is 1130. The first-order valence-corrected chi connectivity index (χ1v) is 12.7. The normalized spacial score (nSPS) is 16.2. The Labute approximate surface area is 195 Å². The minimum atomic E-state index is -4.01. The highest BCUT2D eigenvalue weighted by Gasteiger charge is 2.14. The van der Waals surface area contributed by atoms with Crippen molar-refractivity contribution in [2.45, 2.75) is 50.3 Å². The van der Waals surface area contributed by atoms with Crippen LogP contribution in [0.15, 0.2) is 57.3 Å². The van der Waals surface area contributed by atoms with Crippen LogP contribution in [0.1, 0.15) is 43.2 Å². The molecule has 0 spiro atoms. The second-order valence-electron chi connectivity index (χ2n) is 8.59. The molecule has 0 aliphatic heterocycles. The van der Waals surface area contributed by atoms with Gasteiger partial charge < -0.3 is 11.1 Å². The predicted octanol–water partition coefficient (Wildman–Crippen LogP) is 3.58. The summed E-state index contributed by atoms with van der Waals surface area (Å²) in [5.41, 5.74) is 8.18. The molecule has 0 atom stereocenters. The molecule has 33 heavy (non-hydrogen) atoms. The van der Waals surface area contributed by atoms with E-state index in [0.29, 0.717) is 30.6 Å². The molecule has 0 radical (unpaired) electrons. The highest BCUT2D eigenvalue weighted by molar-refractivity contribution is 7.89. The summed E-state index contributed by atoms with van der Waals surface area (Å²) in [5, 5.41) is 8.45. The standard InChI is InChI=1S/C24H32FN5O2S/c1-17-6-5-9-19(12-17)13-24(29-22-11-10-20(14-21(22)25)33(27,31)32)30-23(26)16-28-15-18-7-3-2-4-8-18/h5-6,9-12,14,18,28H,2-4,7-8,13,15-16H2,1H3,(H2,26,29,30)(H2,27,31,32). The Balaban J connectivity index is 1.80. The smallest absolute Gasteiger partial charge is 0.238 e. The van der Waals surface area contributed by atoms with E-state index in [1.807, 2.05) is 31.2 Å². The van der Waals surface area contributed by atoms with Crippen LogP contribution in [0.3, 0.4) is 0 Å². The fourth-order valence-electron chi connectivity index (χ4n) is 4.00. The average molecular weight is 474 g/mol. The first-order chi connectivity index (χ1) is 15.7. The van der Waals surface area contributed by atoms with Crippen LogP contribution in [0.4, 0.5) is 10.1 Å². The Morgan fingerprint density at radius 3 is 2.58 bits per heavy atom. The maximum Gasteiger partial charge on any atom is 0.238 e. The Kier molecular flexibility index (Phi) is 8.71. The lowest BCUT2D eigenvalue weighted by Crippen LogP contribution is -2.33. The van der Waals surface area contributed by atoms with Crippen molar-refractivity contribution in [2.24, 2.45) is 26.8 Å². The average Bonchev–Trinajstić information content (AvgIpc) is 2.75. The zero-order valence-electron chi connectivity index (χ0n) is 18.9. The van der Waals surface area contributed by atoms with Gasteiger partial charge in [-0.25, -0.2) is 27.9 Å². The molecule has 0 amide bonds. The van der Waals surface area contributed by atoms with Crippen molar-refractivity contribution in [2.75, 3.05) is 13.1 Å². The van der Waals surface area contributed by atoms with E-state index in [1.54, 1.807) is 0 Å². The maximum atomic E-state index is 14.6. The summed E-state index contributed by atoms with van der Waals surface area (Å²) in [6.45, 7) is 3.29. The topological polar surface area (TPSA) is 123 Å². The minimum absolute atomic E-state index is 0.0308. The number of aliphatic imine (C=N–C) groups is 2. The van der Waals surface area contributed by atoms with Gasteiger partial charge in [0.1, 0.15) is 23.2 Å². The first kappa shape index (κ1) is 25.0. The third-order valence-electron chi connectivity index (χ3n) is 5.68. The molecule has 178 valence electrons. The van der Waals surface area contributed by atoms with Crippen molar-refractivity contribution in [3.8, 4) is 0 Å². The molecule has 5 N–H and O–H groups in total. The lowest BCUT2D eigenvalue weighted by atomic mass is 9.89. The zero-order chi connectivity index (χ0) is 23.8. The van der Waals surface area contributed by atoms with E-state index in [2.05, 4.69) is 15.3 Å². The molecule has 3 rings (SSSR count). The van der Waals surface area contributed by atoms with Gasteiger partial charge in [0.05, 0.1) is 11.4 Å². The fourth-order valence-corrected chi connectivity index (χ4v) is 4.53. The van der Waals surface area contributed by atoms with E-state index in [-0.39, 0.29) is 10.6 Å². The van der Waals surface area contributed by atoms with Crippen molar-refractivity contribution in [3.05, 3.63) is 59.4 Å². The van der Waals surface area contributed by atoms with Gasteiger partial charge in [0.2, 0.25) is 10.0 Å². The van der Waals surface area contributed by atoms with Crippen LogP contribution in [0, 0.1) is 18.7 Å². The van der Waals surface area contributed by atoms with Gasteiger partial charge in [-0.2, -0.15) is 0 Å². The van der Waals surface area contributed by atoms with Gasteiger partial charge in [-0.15, -0.1) is 0 Å². The van der Waals surface area contributed by atoms with Crippen LogP contribution < -0.4 is 16.2 Å². The number of sulfonamides is 1. The van der Waals surface area contributed by atoms with Crippen LogP contribution >= 0.6 is 0 Å². The lowest BCUT2D eigenvalue weighted by molar-refractivity contribution is 0.347. The third-order valence-corrected chi connectivity index (χ3v) is 6.59. The number of nitrogens with one attached hydrogen (secondary N) is 1. The molecule has 2 aromatic carbocycles. The number of nitrogens with two attached hydrogens (primary N) is 2. The van der Waals surface area contributed by atoms with Crippen LogP contribution in [0.5, 0.6) is 0 Å². The van der Waals surface area contributed by atoms with Gasteiger partial charge in [-0.05, 0) is 56.0 Å². The molecule has 0 heterocycles. The summed E-state index contributed by atoms with van der Waals surface area (Å²) in [6.07, 6.45) is 6.68. The molecule has 7 nitrogen and oxygen atoms in total. The number of rotatable bonds is 8. The van der Waals surface area contributed by atoms with E-state index in [9.17, 15) is 12.8 Å². The molecular formula is C24H32FN5O2S. The van der Waals surface area contributed by atoms with Gasteiger partial charge >= 0.3 is 0 Å². The summed E-state index contributed by atoms with van der Waals surface area (Å²) >= 11 is 0. The molecule has 1 fully saturated rings. The van der Waals surface area contributed by atoms with Crippen molar-refractivity contribution in [1.29, 1.82) is 0 Å². The molecule has 0 bridgehead atoms. The van der Waals surface area contributed by atoms with Gasteiger partial charge in [-0.1, -0.05) is 49.1 Å². The van der Waals surface area contributed by atoms with Crippen molar-refractivity contribution in [3.63, 3.8) is 0 Å². The fraction of sp³-hybridized carbons (Fsp3) is 0.417. The number of hydrogen-bond donors (Lipinski definition) is 3. The van der Waals surface area contributed by atoms with Gasteiger partial charge in [0.15, 0.2) is 0 Å². The molecular weight excluding hydrogens is 441 g/mol. The highest BCUT2D eigenvalue weighted by Crippen LogP contribution is 2.23. The van der Waals surface area contributed by atoms with Gasteiger partial charge in [0, 0.05) is 6.42 Å². The zero-order valence-corrected chi connectivity index (χ0v) is 19.7. The van der Waals surface area contributed by atoms with E-state index >= 15 is 0 Å². The number of aryl methyl sites for hydroxylation is 1. The summed E-state index contributed by atoms with van der Waals surface area (Å²) in [4.78, 5) is 8.51. The number of hydrogen-bond acceptors (Lipinski definition) is 4. The number of amidine groups is 2. The van der Waals surface area contributed by atoms with E-state index in [1.165, 1.54) is 44.2 Å². The van der Waals surface area contributed by atoms with Crippen LogP contribution in [-0.4, -0.2) is 33.2 Å².